The topological polar surface area (TPSA) is 214 Å². The highest BCUT2D eigenvalue weighted by atomic mass is 79.9. The normalized spacial score (nSPS) is 9.63. The van der Waals surface area contributed by atoms with Gasteiger partial charge in [0, 0.05) is 65.1 Å². The molecular formula is C32H31BBr2FN4O12. The Morgan fingerprint density at radius 1 is 0.673 bits per heavy atom. The largest absolute Gasteiger partial charge is 0.496 e. The second kappa shape index (κ2) is 20.9. The molecule has 4 aromatic carbocycles. The van der Waals surface area contributed by atoms with Crippen LogP contribution < -0.4 is 30.0 Å². The molecule has 3 radical (unpaired) electrons. The molecule has 0 amide bonds. The molecule has 275 valence electrons. The van der Waals surface area contributed by atoms with Crippen LogP contribution in [0.3, 0.4) is 0 Å². The number of nitrogens with one attached hydrogen (secondary N) is 1. The molecule has 0 heterocycles. The van der Waals surface area contributed by atoms with Crippen molar-refractivity contribution in [3.05, 3.63) is 107 Å². The lowest BCUT2D eigenvalue weighted by Gasteiger charge is -2.15. The Hall–Kier alpha value is -5.63. The minimum absolute atomic E-state index is 0. The van der Waals surface area contributed by atoms with Crippen molar-refractivity contribution in [2.75, 3.05) is 53.7 Å². The molecule has 0 spiro atoms. The van der Waals surface area contributed by atoms with Crippen LogP contribution in [0, 0.1) is 26.0 Å². The van der Waals surface area contributed by atoms with Gasteiger partial charge in [0.15, 0.2) is 0 Å². The first-order valence-corrected chi connectivity index (χ1v) is 15.5. The third-order valence-electron chi connectivity index (χ3n) is 6.35. The summed E-state index contributed by atoms with van der Waals surface area (Å²) in [5.41, 5.74) is 6.53. The summed E-state index contributed by atoms with van der Waals surface area (Å²) >= 11 is 6.20. The molecular weight excluding hydrogens is 822 g/mol. The molecule has 3 N–H and O–H groups in total. The van der Waals surface area contributed by atoms with Crippen LogP contribution in [0.1, 0.15) is 20.7 Å². The van der Waals surface area contributed by atoms with E-state index in [4.69, 9.17) is 29.4 Å². The van der Waals surface area contributed by atoms with Gasteiger partial charge in [-0.2, -0.15) is 4.39 Å². The summed E-state index contributed by atoms with van der Waals surface area (Å²) < 4.78 is 43.5. The fraction of sp³-hybridized carbons (Fsp3) is 0.188. The predicted molar refractivity (Wildman–Crippen MR) is 197 cm³/mol. The maximum atomic E-state index is 12.6. The predicted octanol–water partition coefficient (Wildman–Crippen LogP) is 7.09. The van der Waals surface area contributed by atoms with Gasteiger partial charge < -0.3 is 39.5 Å². The molecule has 0 atom stereocenters. The van der Waals surface area contributed by atoms with Gasteiger partial charge in [-0.3, -0.25) is 20.2 Å². The average molecular weight is 853 g/mol. The maximum Gasteiger partial charge on any atom is 0.345 e. The Morgan fingerprint density at radius 2 is 1.06 bits per heavy atom. The quantitative estimate of drug-likeness (QED) is 0.0536. The molecule has 0 aliphatic carbocycles. The second-order valence-electron chi connectivity index (χ2n) is 9.44. The number of nitrogens with two attached hydrogens (primary N) is 1. The Labute approximate surface area is 315 Å². The molecule has 0 aliphatic heterocycles. The van der Waals surface area contributed by atoms with Gasteiger partial charge >= 0.3 is 17.6 Å². The molecule has 16 nitrogen and oxygen atoms in total. The number of carbonyl (C=O) groups is 2. The number of ether oxygens (including phenoxy) is 6. The Bertz CT molecular complexity index is 1870. The van der Waals surface area contributed by atoms with Crippen LogP contribution in [-0.4, -0.2) is 72.9 Å². The lowest BCUT2D eigenvalue weighted by atomic mass is 10.1. The molecule has 0 unspecified atom stereocenters. The molecule has 20 heteroatoms. The lowest BCUT2D eigenvalue weighted by Crippen LogP contribution is -2.07. The number of nitro groups is 2. The van der Waals surface area contributed by atoms with Crippen molar-refractivity contribution >= 4 is 80.6 Å². The molecule has 52 heavy (non-hydrogen) atoms. The summed E-state index contributed by atoms with van der Waals surface area (Å²) in [6.07, 6.45) is 0. The zero-order valence-corrected chi connectivity index (χ0v) is 31.5. The SMILES string of the molecule is COC(=O)c1c(OC)cc(N)cc1OC.COC(=O)c1c(OC)cc(Nc2ccc(Br)cc2[N+](=O)[O-])cc1OC.O=[N+]([O-])c1cc(Br)ccc1F.[B]. The first-order valence-electron chi connectivity index (χ1n) is 13.9. The molecule has 0 aliphatic rings. The van der Waals surface area contributed by atoms with Gasteiger partial charge in [-0.05, 0) is 24.3 Å². The van der Waals surface area contributed by atoms with Crippen molar-refractivity contribution in [1.29, 1.82) is 0 Å². The first kappa shape index (κ1) is 44.4. The van der Waals surface area contributed by atoms with E-state index in [9.17, 15) is 34.2 Å². The van der Waals surface area contributed by atoms with Crippen molar-refractivity contribution in [2.24, 2.45) is 0 Å². The molecule has 0 bridgehead atoms. The molecule has 0 aromatic heterocycles. The third kappa shape index (κ3) is 11.7. The highest BCUT2D eigenvalue weighted by Crippen LogP contribution is 2.37. The number of rotatable bonds is 10. The number of nitro benzene ring substituents is 2. The summed E-state index contributed by atoms with van der Waals surface area (Å²) in [6, 6.07) is 14.3. The molecule has 0 fully saturated rings. The van der Waals surface area contributed by atoms with E-state index in [0.29, 0.717) is 31.8 Å². The Morgan fingerprint density at radius 3 is 1.42 bits per heavy atom. The van der Waals surface area contributed by atoms with Crippen molar-refractivity contribution < 1.29 is 52.2 Å². The van der Waals surface area contributed by atoms with Gasteiger partial charge in [-0.15, -0.1) is 0 Å². The summed E-state index contributed by atoms with van der Waals surface area (Å²) in [7, 11) is 8.22. The minimum atomic E-state index is -0.821. The summed E-state index contributed by atoms with van der Waals surface area (Å²) in [4.78, 5) is 43.5. The summed E-state index contributed by atoms with van der Waals surface area (Å²) in [5, 5.41) is 24.3. The average Bonchev–Trinajstić information content (AvgIpc) is 3.12. The fourth-order valence-electron chi connectivity index (χ4n) is 4.07. The third-order valence-corrected chi connectivity index (χ3v) is 7.34. The number of nitrogen functional groups attached to an aromatic ring is 1. The van der Waals surface area contributed by atoms with Gasteiger partial charge in [0.1, 0.15) is 39.8 Å². The van der Waals surface area contributed by atoms with Crippen molar-refractivity contribution in [2.45, 2.75) is 0 Å². The number of esters is 2. The van der Waals surface area contributed by atoms with Crippen LogP contribution in [0.2, 0.25) is 0 Å². The van der Waals surface area contributed by atoms with E-state index in [1.54, 1.807) is 12.1 Å². The van der Waals surface area contributed by atoms with E-state index in [2.05, 4.69) is 41.9 Å². The highest BCUT2D eigenvalue weighted by Gasteiger charge is 2.22. The van der Waals surface area contributed by atoms with Crippen LogP contribution >= 0.6 is 31.9 Å². The van der Waals surface area contributed by atoms with E-state index in [1.165, 1.54) is 79.1 Å². The number of nitrogens with zero attached hydrogens (tertiary/aromatic N) is 2. The number of halogens is 3. The smallest absolute Gasteiger partial charge is 0.345 e. The van der Waals surface area contributed by atoms with Gasteiger partial charge in [-0.1, -0.05) is 31.9 Å². The zero-order chi connectivity index (χ0) is 38.4. The molecule has 0 saturated carbocycles. The number of carbonyl (C=O) groups excluding carboxylic acids is 2. The number of benzene rings is 4. The van der Waals surface area contributed by atoms with Crippen molar-refractivity contribution in [1.82, 2.24) is 0 Å². The summed E-state index contributed by atoms with van der Waals surface area (Å²) in [6.45, 7) is 0. The monoisotopic (exact) mass is 851 g/mol. The van der Waals surface area contributed by atoms with Crippen LogP contribution in [0.4, 0.5) is 32.8 Å². The highest BCUT2D eigenvalue weighted by molar-refractivity contribution is 9.10. The van der Waals surface area contributed by atoms with Crippen LogP contribution in [0.25, 0.3) is 0 Å². The maximum absolute atomic E-state index is 12.6. The van der Waals surface area contributed by atoms with Crippen molar-refractivity contribution in [3.8, 4) is 23.0 Å². The van der Waals surface area contributed by atoms with Crippen LogP contribution in [-0.2, 0) is 9.47 Å². The molecule has 4 rings (SSSR count). The van der Waals surface area contributed by atoms with E-state index in [0.717, 1.165) is 12.1 Å². The van der Waals surface area contributed by atoms with Gasteiger partial charge in [-0.25, -0.2) is 9.59 Å². The zero-order valence-electron chi connectivity index (χ0n) is 28.4. The number of hydrogen-bond acceptors (Lipinski definition) is 14. The van der Waals surface area contributed by atoms with Crippen molar-refractivity contribution in [3.63, 3.8) is 0 Å². The number of hydrogen-bond donors (Lipinski definition) is 2. The fourth-order valence-corrected chi connectivity index (χ4v) is 4.76. The Balaban J connectivity index is 0.000000426. The Kier molecular flexibility index (Phi) is 17.8. The van der Waals surface area contributed by atoms with Gasteiger partial charge in [0.25, 0.3) is 5.69 Å². The second-order valence-corrected chi connectivity index (χ2v) is 11.3. The first-order chi connectivity index (χ1) is 24.1. The van der Waals surface area contributed by atoms with E-state index in [1.807, 2.05) is 0 Å². The number of methoxy groups -OCH3 is 6. The van der Waals surface area contributed by atoms with Gasteiger partial charge in [0.2, 0.25) is 5.82 Å². The molecule has 4 aromatic rings. The summed E-state index contributed by atoms with van der Waals surface area (Å²) in [5.74, 6) is -0.865. The van der Waals surface area contributed by atoms with Gasteiger partial charge in [0.05, 0.1) is 52.5 Å². The van der Waals surface area contributed by atoms with Crippen LogP contribution in [0.15, 0.2) is 69.6 Å². The number of anilines is 3. The standard InChI is InChI=1S/C16H15BrN2O6.C10H13NO4.C6H3BrFNO2.B/c1-23-13-7-10(8-14(24-2)15(13)16(20)25-3)18-11-5-4-9(17)6-12(11)19(21)22;1-13-7-4-6(11)5-8(14-2)9(7)10(12)15-3;7-4-1-2-5(8)6(3-4)9(10)11;/h4-8,18H,1-3H3;4-5H,11H2,1-3H3;1-3H;. The lowest BCUT2D eigenvalue weighted by molar-refractivity contribution is -0.387. The van der Waals surface area contributed by atoms with E-state index >= 15 is 0 Å². The van der Waals surface area contributed by atoms with Crippen LogP contribution in [0.5, 0.6) is 23.0 Å². The van der Waals surface area contributed by atoms with E-state index < -0.39 is 33.3 Å². The minimum Gasteiger partial charge on any atom is -0.496 e. The van der Waals surface area contributed by atoms with E-state index in [-0.39, 0.29) is 42.4 Å². The molecule has 0 saturated heterocycles.